The zero-order valence-corrected chi connectivity index (χ0v) is 9.53. The van der Waals surface area contributed by atoms with Crippen LogP contribution < -0.4 is 5.32 Å². The molecule has 0 saturated carbocycles. The lowest BCUT2D eigenvalue weighted by atomic mass is 9.82. The monoisotopic (exact) mass is 211 g/mol. The Balaban J connectivity index is 2.42. The smallest absolute Gasteiger partial charge is 0.292 e. The van der Waals surface area contributed by atoms with Gasteiger partial charge in [-0.05, 0) is 16.5 Å². The molecule has 6 nitrogen and oxygen atoms in total. The Morgan fingerprint density at radius 2 is 2.20 bits per heavy atom. The summed E-state index contributed by atoms with van der Waals surface area (Å²) in [6.07, 6.45) is 0. The Labute approximate surface area is 88.8 Å². The third-order valence-electron chi connectivity index (χ3n) is 2.60. The van der Waals surface area contributed by atoms with E-state index in [1.54, 1.807) is 0 Å². The first-order valence-electron chi connectivity index (χ1n) is 4.93. The van der Waals surface area contributed by atoms with E-state index in [0.29, 0.717) is 12.5 Å². The van der Waals surface area contributed by atoms with Crippen LogP contribution in [0.25, 0.3) is 0 Å². The van der Waals surface area contributed by atoms with Crippen molar-refractivity contribution < 1.29 is 4.79 Å². The molecular formula is C9H17N5O. The molecule has 0 bridgehead atoms. The van der Waals surface area contributed by atoms with Crippen LogP contribution in [-0.4, -0.2) is 33.1 Å². The van der Waals surface area contributed by atoms with Crippen molar-refractivity contribution in [1.29, 1.82) is 0 Å². The van der Waals surface area contributed by atoms with Crippen LogP contribution in [0, 0.1) is 11.3 Å². The molecule has 0 saturated heterocycles. The molecular weight excluding hydrogens is 194 g/mol. The van der Waals surface area contributed by atoms with Crippen molar-refractivity contribution in [2.24, 2.45) is 11.3 Å². The number of H-pyrrole nitrogens is 1. The Kier molecular flexibility index (Phi) is 3.39. The second-order valence-corrected chi connectivity index (χ2v) is 4.71. The third-order valence-corrected chi connectivity index (χ3v) is 2.60. The van der Waals surface area contributed by atoms with E-state index >= 15 is 0 Å². The first-order chi connectivity index (χ1) is 6.91. The standard InChI is InChI=1S/C9H17N5O/c1-6(9(2,3)4)5-10-8(15)7-11-13-14-12-7/h6H,5H2,1-4H3,(H,10,15)(H,11,12,13,14). The van der Waals surface area contributed by atoms with Crippen molar-refractivity contribution >= 4 is 5.91 Å². The van der Waals surface area contributed by atoms with E-state index in [0.717, 1.165) is 0 Å². The van der Waals surface area contributed by atoms with Crippen molar-refractivity contribution in [1.82, 2.24) is 25.9 Å². The van der Waals surface area contributed by atoms with Gasteiger partial charge in [0.1, 0.15) is 0 Å². The molecule has 1 aromatic heterocycles. The predicted molar refractivity (Wildman–Crippen MR) is 55.1 cm³/mol. The maximum atomic E-state index is 11.4. The van der Waals surface area contributed by atoms with Gasteiger partial charge in [-0.1, -0.05) is 27.7 Å². The third kappa shape index (κ3) is 3.30. The minimum atomic E-state index is -0.292. The number of nitrogens with one attached hydrogen (secondary N) is 2. The van der Waals surface area contributed by atoms with Gasteiger partial charge in [-0.15, -0.1) is 10.2 Å². The number of aromatic amines is 1. The number of tetrazole rings is 1. The molecule has 0 fully saturated rings. The van der Waals surface area contributed by atoms with Gasteiger partial charge in [0.2, 0.25) is 0 Å². The molecule has 1 rings (SSSR count). The lowest BCUT2D eigenvalue weighted by molar-refractivity contribution is 0.0926. The maximum absolute atomic E-state index is 11.4. The minimum absolute atomic E-state index is 0.0797. The molecule has 1 heterocycles. The van der Waals surface area contributed by atoms with E-state index in [1.807, 2.05) is 0 Å². The number of carbonyl (C=O) groups is 1. The van der Waals surface area contributed by atoms with E-state index in [9.17, 15) is 4.79 Å². The van der Waals surface area contributed by atoms with E-state index in [-0.39, 0.29) is 17.1 Å². The summed E-state index contributed by atoms with van der Waals surface area (Å²) < 4.78 is 0. The number of nitrogens with zero attached hydrogens (tertiary/aromatic N) is 3. The number of amides is 1. The van der Waals surface area contributed by atoms with Crippen LogP contribution in [-0.2, 0) is 0 Å². The molecule has 0 aliphatic rings. The van der Waals surface area contributed by atoms with Crippen molar-refractivity contribution in [3.63, 3.8) is 0 Å². The number of hydrogen-bond donors (Lipinski definition) is 2. The second-order valence-electron chi connectivity index (χ2n) is 4.71. The topological polar surface area (TPSA) is 83.6 Å². The van der Waals surface area contributed by atoms with Crippen LogP contribution in [0.3, 0.4) is 0 Å². The quantitative estimate of drug-likeness (QED) is 0.767. The van der Waals surface area contributed by atoms with Crippen LogP contribution in [0.5, 0.6) is 0 Å². The highest BCUT2D eigenvalue weighted by atomic mass is 16.2. The maximum Gasteiger partial charge on any atom is 0.292 e. The fraction of sp³-hybridized carbons (Fsp3) is 0.778. The average molecular weight is 211 g/mol. The largest absolute Gasteiger partial charge is 0.349 e. The molecule has 0 radical (unpaired) electrons. The Morgan fingerprint density at radius 1 is 1.53 bits per heavy atom. The first-order valence-corrected chi connectivity index (χ1v) is 4.93. The zero-order chi connectivity index (χ0) is 11.5. The first kappa shape index (κ1) is 11.6. The number of carbonyl (C=O) groups excluding carboxylic acids is 1. The predicted octanol–water partition coefficient (Wildman–Crippen LogP) is 0.612. The molecule has 2 N–H and O–H groups in total. The molecule has 1 amide bonds. The average Bonchev–Trinajstić information content (AvgIpc) is 2.64. The summed E-state index contributed by atoms with van der Waals surface area (Å²) in [7, 11) is 0. The molecule has 1 unspecified atom stereocenters. The second kappa shape index (κ2) is 4.37. The highest BCUT2D eigenvalue weighted by Gasteiger charge is 2.21. The fourth-order valence-electron chi connectivity index (χ4n) is 0.889. The van der Waals surface area contributed by atoms with Crippen LogP contribution in [0.4, 0.5) is 0 Å². The van der Waals surface area contributed by atoms with E-state index in [4.69, 9.17) is 0 Å². The lowest BCUT2D eigenvalue weighted by Gasteiger charge is -2.27. The Morgan fingerprint density at radius 3 is 2.67 bits per heavy atom. The molecule has 0 aliphatic carbocycles. The fourth-order valence-corrected chi connectivity index (χ4v) is 0.889. The Bertz CT molecular complexity index is 314. The molecule has 6 heteroatoms. The molecule has 1 atom stereocenters. The summed E-state index contributed by atoms with van der Waals surface area (Å²) in [5.74, 6) is 0.171. The highest BCUT2D eigenvalue weighted by Crippen LogP contribution is 2.24. The van der Waals surface area contributed by atoms with Gasteiger partial charge < -0.3 is 5.32 Å². The molecule has 0 aromatic carbocycles. The van der Waals surface area contributed by atoms with Gasteiger partial charge in [0.15, 0.2) is 0 Å². The summed E-state index contributed by atoms with van der Waals surface area (Å²) in [6.45, 7) is 9.11. The van der Waals surface area contributed by atoms with Gasteiger partial charge in [-0.3, -0.25) is 4.79 Å². The minimum Gasteiger partial charge on any atom is -0.349 e. The van der Waals surface area contributed by atoms with Crippen LogP contribution >= 0.6 is 0 Å². The molecule has 84 valence electrons. The molecule has 15 heavy (non-hydrogen) atoms. The van der Waals surface area contributed by atoms with Gasteiger partial charge in [0.05, 0.1) is 0 Å². The van der Waals surface area contributed by atoms with Gasteiger partial charge in [0, 0.05) is 6.54 Å². The highest BCUT2D eigenvalue weighted by molar-refractivity contribution is 5.89. The molecule has 0 aliphatic heterocycles. The summed E-state index contributed by atoms with van der Waals surface area (Å²) in [6, 6.07) is 0. The van der Waals surface area contributed by atoms with Crippen molar-refractivity contribution in [3.05, 3.63) is 5.82 Å². The summed E-state index contributed by atoms with van der Waals surface area (Å²) in [5.41, 5.74) is 0.171. The van der Waals surface area contributed by atoms with Gasteiger partial charge in [-0.2, -0.15) is 5.21 Å². The summed E-state index contributed by atoms with van der Waals surface area (Å²) in [4.78, 5) is 11.4. The number of aromatic nitrogens is 4. The van der Waals surface area contributed by atoms with Crippen molar-refractivity contribution in [3.8, 4) is 0 Å². The van der Waals surface area contributed by atoms with E-state index in [1.165, 1.54) is 0 Å². The van der Waals surface area contributed by atoms with Crippen LogP contribution in [0.2, 0.25) is 0 Å². The number of hydrogen-bond acceptors (Lipinski definition) is 4. The van der Waals surface area contributed by atoms with Crippen molar-refractivity contribution in [2.75, 3.05) is 6.54 Å². The molecule has 1 aromatic rings. The van der Waals surface area contributed by atoms with Crippen molar-refractivity contribution in [2.45, 2.75) is 27.7 Å². The van der Waals surface area contributed by atoms with Gasteiger partial charge in [0.25, 0.3) is 11.7 Å². The van der Waals surface area contributed by atoms with E-state index in [2.05, 4.69) is 53.6 Å². The lowest BCUT2D eigenvalue weighted by Crippen LogP contribution is -2.34. The normalized spacial score (nSPS) is 13.6. The van der Waals surface area contributed by atoms with E-state index < -0.39 is 0 Å². The summed E-state index contributed by atoms with van der Waals surface area (Å²) >= 11 is 0. The summed E-state index contributed by atoms with van der Waals surface area (Å²) in [5, 5.41) is 15.5. The van der Waals surface area contributed by atoms with Crippen LogP contribution in [0.15, 0.2) is 0 Å². The zero-order valence-electron chi connectivity index (χ0n) is 9.53. The Hall–Kier alpha value is -1.46. The molecule has 0 spiro atoms. The van der Waals surface area contributed by atoms with Gasteiger partial charge in [-0.25, -0.2) is 0 Å². The van der Waals surface area contributed by atoms with Crippen LogP contribution in [0.1, 0.15) is 38.3 Å². The SMILES string of the molecule is CC(CNC(=O)c1nn[nH]n1)C(C)(C)C. The number of rotatable bonds is 3. The van der Waals surface area contributed by atoms with Gasteiger partial charge >= 0.3 is 0 Å².